The van der Waals surface area contributed by atoms with Crippen LogP contribution in [0.3, 0.4) is 0 Å². The van der Waals surface area contributed by atoms with Crippen molar-refractivity contribution in [1.29, 1.82) is 5.26 Å². The summed E-state index contributed by atoms with van der Waals surface area (Å²) in [5.41, 5.74) is 8.22. The molecule has 1 heterocycles. The highest BCUT2D eigenvalue weighted by Crippen LogP contribution is 2.38. The van der Waals surface area contributed by atoms with E-state index in [0.717, 1.165) is 16.9 Å². The summed E-state index contributed by atoms with van der Waals surface area (Å²) < 4.78 is 10.7. The summed E-state index contributed by atoms with van der Waals surface area (Å²) in [7, 11) is 0. The third-order valence-electron chi connectivity index (χ3n) is 3.37. The van der Waals surface area contributed by atoms with Crippen LogP contribution in [0.2, 0.25) is 0 Å². The van der Waals surface area contributed by atoms with Crippen LogP contribution in [-0.2, 0) is 0 Å². The molecular weight excluding hydrogens is 228 g/mol. The fourth-order valence-electron chi connectivity index (χ4n) is 2.26. The molecule has 1 aromatic carbocycles. The lowest BCUT2D eigenvalue weighted by Crippen LogP contribution is -2.25. The molecule has 0 bridgehead atoms. The molecule has 2 N–H and O–H groups in total. The monoisotopic (exact) mass is 246 g/mol. The van der Waals surface area contributed by atoms with Crippen LogP contribution in [0.25, 0.3) is 0 Å². The average molecular weight is 246 g/mol. The molecule has 0 saturated carbocycles. The minimum Gasteiger partial charge on any atom is -0.454 e. The normalized spacial score (nSPS) is 16.4. The Morgan fingerprint density at radius 1 is 1.28 bits per heavy atom. The predicted molar refractivity (Wildman–Crippen MR) is 68.2 cm³/mol. The summed E-state index contributed by atoms with van der Waals surface area (Å²) in [6, 6.07) is 5.82. The van der Waals surface area contributed by atoms with Crippen molar-refractivity contribution in [3.05, 3.63) is 23.3 Å². The van der Waals surface area contributed by atoms with Gasteiger partial charge in [0.15, 0.2) is 11.5 Å². The van der Waals surface area contributed by atoms with E-state index in [-0.39, 0.29) is 24.7 Å². The van der Waals surface area contributed by atoms with E-state index in [1.807, 2.05) is 32.9 Å². The first-order valence-electron chi connectivity index (χ1n) is 6.10. The zero-order chi connectivity index (χ0) is 13.3. The number of rotatable bonds is 3. The van der Waals surface area contributed by atoms with Crippen LogP contribution in [0.5, 0.6) is 11.5 Å². The van der Waals surface area contributed by atoms with Gasteiger partial charge >= 0.3 is 0 Å². The van der Waals surface area contributed by atoms with Crippen LogP contribution in [0, 0.1) is 30.1 Å². The average Bonchev–Trinajstić information content (AvgIpc) is 2.75. The second-order valence-corrected chi connectivity index (χ2v) is 4.99. The van der Waals surface area contributed by atoms with Crippen molar-refractivity contribution in [2.24, 2.45) is 17.6 Å². The molecule has 2 rings (SSSR count). The molecule has 96 valence electrons. The number of nitrogens with two attached hydrogens (primary N) is 1. The third kappa shape index (κ3) is 2.14. The maximum Gasteiger partial charge on any atom is 0.231 e. The summed E-state index contributed by atoms with van der Waals surface area (Å²) in [6.45, 7) is 6.25. The van der Waals surface area contributed by atoms with Crippen LogP contribution < -0.4 is 15.2 Å². The second kappa shape index (κ2) is 4.87. The van der Waals surface area contributed by atoms with E-state index in [9.17, 15) is 5.26 Å². The summed E-state index contributed by atoms with van der Waals surface area (Å²) >= 11 is 0. The molecule has 0 fully saturated rings. The molecule has 4 heteroatoms. The Hall–Kier alpha value is -1.73. The minimum atomic E-state index is -0.301. The summed E-state index contributed by atoms with van der Waals surface area (Å²) in [4.78, 5) is 0. The van der Waals surface area contributed by atoms with E-state index >= 15 is 0 Å². The molecule has 0 aliphatic carbocycles. The van der Waals surface area contributed by atoms with Crippen LogP contribution in [0.1, 0.15) is 31.0 Å². The number of hydrogen-bond donors (Lipinski definition) is 1. The van der Waals surface area contributed by atoms with E-state index in [1.165, 1.54) is 0 Å². The van der Waals surface area contributed by atoms with Crippen LogP contribution >= 0.6 is 0 Å². The number of nitriles is 1. The molecule has 0 spiro atoms. The van der Waals surface area contributed by atoms with E-state index in [2.05, 4.69) is 6.07 Å². The number of ether oxygens (including phenoxy) is 2. The summed E-state index contributed by atoms with van der Waals surface area (Å²) in [6.07, 6.45) is 0. The Kier molecular flexibility index (Phi) is 3.44. The SMILES string of the molecule is Cc1cc2c(cc1C(N)C(C#N)C(C)C)OCO2. The first-order chi connectivity index (χ1) is 8.54. The first kappa shape index (κ1) is 12.7. The van der Waals surface area contributed by atoms with Gasteiger partial charge in [0.25, 0.3) is 0 Å². The van der Waals surface area contributed by atoms with Gasteiger partial charge in [-0.05, 0) is 36.1 Å². The molecule has 0 radical (unpaired) electrons. The van der Waals surface area contributed by atoms with Gasteiger partial charge in [0.05, 0.1) is 12.0 Å². The van der Waals surface area contributed by atoms with Gasteiger partial charge in [-0.2, -0.15) is 5.26 Å². The second-order valence-electron chi connectivity index (χ2n) is 4.99. The molecule has 0 saturated heterocycles. The number of hydrogen-bond acceptors (Lipinski definition) is 4. The molecule has 1 aromatic rings. The van der Waals surface area contributed by atoms with Gasteiger partial charge in [0.1, 0.15) is 0 Å². The van der Waals surface area contributed by atoms with Crippen molar-refractivity contribution in [3.63, 3.8) is 0 Å². The zero-order valence-electron chi connectivity index (χ0n) is 10.9. The Morgan fingerprint density at radius 2 is 1.89 bits per heavy atom. The van der Waals surface area contributed by atoms with E-state index in [0.29, 0.717) is 5.75 Å². The van der Waals surface area contributed by atoms with Crippen molar-refractivity contribution in [2.75, 3.05) is 6.79 Å². The highest BCUT2D eigenvalue weighted by Gasteiger charge is 2.26. The highest BCUT2D eigenvalue weighted by atomic mass is 16.7. The van der Waals surface area contributed by atoms with Crippen LogP contribution in [-0.4, -0.2) is 6.79 Å². The molecule has 0 amide bonds. The van der Waals surface area contributed by atoms with Gasteiger partial charge in [-0.15, -0.1) is 0 Å². The molecule has 18 heavy (non-hydrogen) atoms. The van der Waals surface area contributed by atoms with Crippen molar-refractivity contribution in [3.8, 4) is 17.6 Å². The lowest BCUT2D eigenvalue weighted by Gasteiger charge is -2.23. The standard InChI is InChI=1S/C14H18N2O2/c1-8(2)11(6-15)14(16)10-5-13-12(4-9(10)3)17-7-18-13/h4-5,8,11,14H,7,16H2,1-3H3. The Morgan fingerprint density at radius 3 is 2.44 bits per heavy atom. The minimum absolute atomic E-state index is 0.205. The lowest BCUT2D eigenvalue weighted by atomic mass is 9.84. The van der Waals surface area contributed by atoms with Crippen molar-refractivity contribution >= 4 is 0 Å². The molecule has 4 nitrogen and oxygen atoms in total. The van der Waals surface area contributed by atoms with Gasteiger partial charge in [-0.1, -0.05) is 13.8 Å². The molecule has 2 atom stereocenters. The van der Waals surface area contributed by atoms with Crippen molar-refractivity contribution < 1.29 is 9.47 Å². The van der Waals surface area contributed by atoms with Gasteiger partial charge in [-0.3, -0.25) is 0 Å². The Bertz CT molecular complexity index is 491. The molecule has 0 aromatic heterocycles. The van der Waals surface area contributed by atoms with Crippen LogP contribution in [0.4, 0.5) is 0 Å². The maximum absolute atomic E-state index is 9.23. The first-order valence-corrected chi connectivity index (χ1v) is 6.10. The molecule has 1 aliphatic heterocycles. The molecule has 2 unspecified atom stereocenters. The smallest absolute Gasteiger partial charge is 0.231 e. The highest BCUT2D eigenvalue weighted by molar-refractivity contribution is 5.49. The fraction of sp³-hybridized carbons (Fsp3) is 0.500. The van der Waals surface area contributed by atoms with Crippen LogP contribution in [0.15, 0.2) is 12.1 Å². The van der Waals surface area contributed by atoms with Gasteiger partial charge in [-0.25, -0.2) is 0 Å². The maximum atomic E-state index is 9.23. The van der Waals surface area contributed by atoms with E-state index in [4.69, 9.17) is 15.2 Å². The number of nitrogens with zero attached hydrogens (tertiary/aromatic N) is 1. The van der Waals surface area contributed by atoms with Crippen molar-refractivity contribution in [1.82, 2.24) is 0 Å². The zero-order valence-corrected chi connectivity index (χ0v) is 10.9. The van der Waals surface area contributed by atoms with E-state index < -0.39 is 0 Å². The number of aryl methyl sites for hydroxylation is 1. The van der Waals surface area contributed by atoms with Gasteiger partial charge in [0, 0.05) is 6.04 Å². The topological polar surface area (TPSA) is 68.3 Å². The fourth-order valence-corrected chi connectivity index (χ4v) is 2.26. The van der Waals surface area contributed by atoms with Gasteiger partial charge in [0.2, 0.25) is 6.79 Å². The third-order valence-corrected chi connectivity index (χ3v) is 3.37. The van der Waals surface area contributed by atoms with Crippen molar-refractivity contribution in [2.45, 2.75) is 26.8 Å². The number of fused-ring (bicyclic) bond motifs is 1. The largest absolute Gasteiger partial charge is 0.454 e. The molecule has 1 aliphatic rings. The number of benzene rings is 1. The van der Waals surface area contributed by atoms with Gasteiger partial charge < -0.3 is 15.2 Å². The summed E-state index contributed by atoms with van der Waals surface area (Å²) in [5.74, 6) is 1.48. The lowest BCUT2D eigenvalue weighted by molar-refractivity contribution is 0.174. The Labute approximate surface area is 107 Å². The quantitative estimate of drug-likeness (QED) is 0.889. The predicted octanol–water partition coefficient (Wildman–Crippen LogP) is 2.52. The Balaban J connectivity index is 2.36. The summed E-state index contributed by atoms with van der Waals surface area (Å²) in [5, 5.41) is 9.23. The molecular formula is C14H18N2O2. The van der Waals surface area contributed by atoms with E-state index in [1.54, 1.807) is 0 Å².